The summed E-state index contributed by atoms with van der Waals surface area (Å²) in [6.45, 7) is 0. The van der Waals surface area contributed by atoms with Crippen LogP contribution >= 0.6 is 34.8 Å². The highest BCUT2D eigenvalue weighted by Crippen LogP contribution is 2.25. The zero-order chi connectivity index (χ0) is 13.1. The molecule has 0 aliphatic carbocycles. The number of halogens is 3. The number of anilines is 1. The Morgan fingerprint density at radius 1 is 1.17 bits per heavy atom. The Labute approximate surface area is 118 Å². The van der Waals surface area contributed by atoms with Gasteiger partial charge in [-0.05, 0) is 18.2 Å². The van der Waals surface area contributed by atoms with E-state index in [1.807, 2.05) is 0 Å². The van der Waals surface area contributed by atoms with Gasteiger partial charge in [0.05, 0.1) is 23.1 Å². The van der Waals surface area contributed by atoms with Crippen molar-refractivity contribution in [1.82, 2.24) is 9.97 Å². The second kappa shape index (κ2) is 5.52. The third-order valence-electron chi connectivity index (χ3n) is 2.02. The lowest BCUT2D eigenvalue weighted by atomic mass is 10.3. The summed E-state index contributed by atoms with van der Waals surface area (Å²) >= 11 is 17.3. The van der Waals surface area contributed by atoms with Gasteiger partial charge in [0.2, 0.25) is 0 Å². The summed E-state index contributed by atoms with van der Waals surface area (Å²) in [6, 6.07) is 4.75. The van der Waals surface area contributed by atoms with Crippen molar-refractivity contribution < 1.29 is 4.79 Å². The van der Waals surface area contributed by atoms with Gasteiger partial charge < -0.3 is 5.32 Å². The first kappa shape index (κ1) is 13.1. The number of aromatic nitrogens is 2. The normalized spacial score (nSPS) is 10.2. The maximum absolute atomic E-state index is 11.8. The van der Waals surface area contributed by atoms with Gasteiger partial charge in [0.15, 0.2) is 0 Å². The van der Waals surface area contributed by atoms with Crippen molar-refractivity contribution in [3.05, 3.63) is 51.5 Å². The van der Waals surface area contributed by atoms with Crippen LogP contribution in [0.3, 0.4) is 0 Å². The molecule has 1 aromatic carbocycles. The molecule has 0 fully saturated rings. The molecule has 1 heterocycles. The average molecular weight is 303 g/mol. The SMILES string of the molecule is O=C(Nc1ccc(Cl)cc1Cl)c1cncc(Cl)n1. The van der Waals surface area contributed by atoms with Gasteiger partial charge >= 0.3 is 0 Å². The third-order valence-corrected chi connectivity index (χ3v) is 2.75. The number of benzene rings is 1. The molecule has 1 aromatic heterocycles. The molecule has 0 aliphatic heterocycles. The molecule has 0 aliphatic rings. The summed E-state index contributed by atoms with van der Waals surface area (Å²) in [4.78, 5) is 19.5. The average Bonchev–Trinajstić information content (AvgIpc) is 2.32. The van der Waals surface area contributed by atoms with Crippen LogP contribution < -0.4 is 5.32 Å². The maximum Gasteiger partial charge on any atom is 0.275 e. The van der Waals surface area contributed by atoms with Crippen molar-refractivity contribution >= 4 is 46.4 Å². The standard InChI is InChI=1S/C11H6Cl3N3O/c12-6-1-2-8(7(13)3-6)17-11(18)9-4-15-5-10(14)16-9/h1-5H,(H,17,18). The first-order valence-corrected chi connectivity index (χ1v) is 5.93. The predicted molar refractivity (Wildman–Crippen MR) is 71.5 cm³/mol. The van der Waals surface area contributed by atoms with Crippen LogP contribution in [0.25, 0.3) is 0 Å². The zero-order valence-corrected chi connectivity index (χ0v) is 11.1. The molecular weight excluding hydrogens is 296 g/mol. The Morgan fingerprint density at radius 3 is 2.61 bits per heavy atom. The zero-order valence-electron chi connectivity index (χ0n) is 8.82. The van der Waals surface area contributed by atoms with E-state index in [0.717, 1.165) is 0 Å². The fourth-order valence-electron chi connectivity index (χ4n) is 1.23. The van der Waals surface area contributed by atoms with Crippen LogP contribution in [-0.4, -0.2) is 15.9 Å². The lowest BCUT2D eigenvalue weighted by Crippen LogP contribution is -2.14. The minimum absolute atomic E-state index is 0.105. The van der Waals surface area contributed by atoms with Gasteiger partial charge in [-0.3, -0.25) is 9.78 Å². The van der Waals surface area contributed by atoms with Crippen molar-refractivity contribution in [2.45, 2.75) is 0 Å². The highest BCUT2D eigenvalue weighted by Gasteiger charge is 2.10. The third kappa shape index (κ3) is 3.10. The smallest absolute Gasteiger partial charge is 0.275 e. The van der Waals surface area contributed by atoms with E-state index in [4.69, 9.17) is 34.8 Å². The van der Waals surface area contributed by atoms with E-state index in [1.165, 1.54) is 18.5 Å². The van der Waals surface area contributed by atoms with Crippen molar-refractivity contribution in [2.24, 2.45) is 0 Å². The molecule has 0 saturated heterocycles. The van der Waals surface area contributed by atoms with E-state index in [1.54, 1.807) is 12.1 Å². The second-order valence-corrected chi connectivity index (χ2v) is 4.54. The van der Waals surface area contributed by atoms with Gasteiger partial charge in [0, 0.05) is 5.02 Å². The first-order chi connectivity index (χ1) is 8.56. The summed E-state index contributed by atoms with van der Waals surface area (Å²) in [7, 11) is 0. The van der Waals surface area contributed by atoms with E-state index in [-0.39, 0.29) is 10.8 Å². The number of hydrogen-bond donors (Lipinski definition) is 1. The topological polar surface area (TPSA) is 54.9 Å². The summed E-state index contributed by atoms with van der Waals surface area (Å²) in [5, 5.41) is 3.56. The summed E-state index contributed by atoms with van der Waals surface area (Å²) in [5.41, 5.74) is 0.543. The van der Waals surface area contributed by atoms with Crippen molar-refractivity contribution in [3.63, 3.8) is 0 Å². The Balaban J connectivity index is 2.21. The molecule has 2 rings (SSSR count). The Bertz CT molecular complexity index is 604. The minimum Gasteiger partial charge on any atom is -0.319 e. The van der Waals surface area contributed by atoms with Crippen LogP contribution in [0.2, 0.25) is 15.2 Å². The molecule has 0 atom stereocenters. The molecule has 0 spiro atoms. The van der Waals surface area contributed by atoms with E-state index >= 15 is 0 Å². The quantitative estimate of drug-likeness (QED) is 0.920. The minimum atomic E-state index is -0.450. The predicted octanol–water partition coefficient (Wildman–Crippen LogP) is 3.69. The second-order valence-electron chi connectivity index (χ2n) is 3.31. The van der Waals surface area contributed by atoms with Crippen molar-refractivity contribution in [1.29, 1.82) is 0 Å². The molecule has 2 aromatic rings. The Morgan fingerprint density at radius 2 is 1.94 bits per heavy atom. The molecule has 18 heavy (non-hydrogen) atoms. The highest BCUT2D eigenvalue weighted by molar-refractivity contribution is 6.36. The first-order valence-electron chi connectivity index (χ1n) is 4.80. The lowest BCUT2D eigenvalue weighted by molar-refractivity contribution is 0.102. The monoisotopic (exact) mass is 301 g/mol. The number of nitrogens with zero attached hydrogens (tertiary/aromatic N) is 2. The van der Waals surface area contributed by atoms with E-state index in [9.17, 15) is 4.79 Å². The van der Waals surface area contributed by atoms with Gasteiger partial charge in [-0.1, -0.05) is 34.8 Å². The molecule has 0 bridgehead atoms. The lowest BCUT2D eigenvalue weighted by Gasteiger charge is -2.06. The molecule has 4 nitrogen and oxygen atoms in total. The molecule has 0 radical (unpaired) electrons. The molecule has 0 unspecified atom stereocenters. The van der Waals surface area contributed by atoms with Crippen LogP contribution in [0, 0.1) is 0 Å². The van der Waals surface area contributed by atoms with Gasteiger partial charge in [-0.2, -0.15) is 0 Å². The summed E-state index contributed by atoms with van der Waals surface area (Å²) in [5.74, 6) is -0.450. The number of rotatable bonds is 2. The van der Waals surface area contributed by atoms with Crippen LogP contribution in [-0.2, 0) is 0 Å². The Hall–Kier alpha value is -1.36. The summed E-state index contributed by atoms with van der Waals surface area (Å²) in [6.07, 6.45) is 2.65. The molecule has 1 amide bonds. The molecular formula is C11H6Cl3N3O. The van der Waals surface area contributed by atoms with Crippen molar-refractivity contribution in [3.8, 4) is 0 Å². The van der Waals surface area contributed by atoms with Crippen LogP contribution in [0.1, 0.15) is 10.5 Å². The van der Waals surface area contributed by atoms with Crippen LogP contribution in [0.4, 0.5) is 5.69 Å². The van der Waals surface area contributed by atoms with E-state index in [0.29, 0.717) is 15.7 Å². The van der Waals surface area contributed by atoms with Gasteiger partial charge in [-0.15, -0.1) is 0 Å². The number of nitrogens with one attached hydrogen (secondary N) is 1. The number of carbonyl (C=O) groups excluding carboxylic acids is 1. The number of carbonyl (C=O) groups is 1. The van der Waals surface area contributed by atoms with Crippen LogP contribution in [0.15, 0.2) is 30.6 Å². The van der Waals surface area contributed by atoms with E-state index < -0.39 is 5.91 Å². The molecule has 92 valence electrons. The fourth-order valence-corrected chi connectivity index (χ4v) is 1.83. The van der Waals surface area contributed by atoms with Gasteiger partial charge in [-0.25, -0.2) is 4.98 Å². The van der Waals surface area contributed by atoms with Crippen LogP contribution in [0.5, 0.6) is 0 Å². The Kier molecular flexibility index (Phi) is 4.01. The highest BCUT2D eigenvalue weighted by atomic mass is 35.5. The van der Waals surface area contributed by atoms with Crippen molar-refractivity contribution in [2.75, 3.05) is 5.32 Å². The summed E-state index contributed by atoms with van der Waals surface area (Å²) < 4.78 is 0. The molecule has 1 N–H and O–H groups in total. The molecule has 0 saturated carbocycles. The maximum atomic E-state index is 11.8. The van der Waals surface area contributed by atoms with Gasteiger partial charge in [0.1, 0.15) is 10.8 Å². The van der Waals surface area contributed by atoms with Gasteiger partial charge in [0.25, 0.3) is 5.91 Å². The number of hydrogen-bond acceptors (Lipinski definition) is 3. The molecule has 7 heteroatoms. The number of amides is 1. The fraction of sp³-hybridized carbons (Fsp3) is 0. The largest absolute Gasteiger partial charge is 0.319 e. The van der Waals surface area contributed by atoms with E-state index in [2.05, 4.69) is 15.3 Å².